The molecular weight excluding hydrogens is 508 g/mol. The highest BCUT2D eigenvalue weighted by atomic mass is 35.5. The molecule has 2 amide bonds. The molecule has 1 unspecified atom stereocenters. The molecule has 3 heterocycles. The first-order chi connectivity index (χ1) is 18.3. The summed E-state index contributed by atoms with van der Waals surface area (Å²) in [5.74, 6) is 0.552. The maximum absolute atomic E-state index is 13.4. The molecule has 0 spiro atoms. The largest absolute Gasteiger partial charge is 0.490 e. The summed E-state index contributed by atoms with van der Waals surface area (Å²) in [4.78, 5) is 32.6. The number of hydrogen-bond donors (Lipinski definition) is 0. The van der Waals surface area contributed by atoms with Gasteiger partial charge in [-0.25, -0.2) is 0 Å². The molecule has 2 aliphatic rings. The number of fused-ring (bicyclic) bond motifs is 1. The molecule has 202 valence electrons. The maximum atomic E-state index is 13.4. The molecule has 3 aromatic rings. The Labute approximate surface area is 227 Å². The monoisotopic (exact) mass is 540 g/mol. The van der Waals surface area contributed by atoms with E-state index in [0.717, 1.165) is 24.0 Å². The summed E-state index contributed by atoms with van der Waals surface area (Å²) in [7, 11) is 2.05. The molecule has 2 saturated heterocycles. The number of hydrogen-bond acceptors (Lipinski definition) is 7. The average molecular weight is 541 g/mol. The number of halogens is 1. The van der Waals surface area contributed by atoms with E-state index in [9.17, 15) is 9.59 Å². The molecule has 2 aliphatic heterocycles. The van der Waals surface area contributed by atoms with Crippen LogP contribution in [0.25, 0.3) is 11.0 Å². The lowest BCUT2D eigenvalue weighted by atomic mass is 9.96. The number of morpholine rings is 1. The van der Waals surface area contributed by atoms with Gasteiger partial charge in [-0.15, -0.1) is 0 Å². The van der Waals surface area contributed by atoms with Crippen molar-refractivity contribution in [1.29, 1.82) is 0 Å². The summed E-state index contributed by atoms with van der Waals surface area (Å²) < 4.78 is 17.8. The number of rotatable bonds is 7. The minimum atomic E-state index is -0.978. The van der Waals surface area contributed by atoms with E-state index in [2.05, 4.69) is 17.1 Å². The molecule has 1 atom stereocenters. The number of piperazine rings is 1. The normalized spacial score (nSPS) is 20.6. The van der Waals surface area contributed by atoms with E-state index in [1.54, 1.807) is 17.0 Å². The number of para-hydroxylation sites is 1. The summed E-state index contributed by atoms with van der Waals surface area (Å²) in [6.07, 6.45) is 0.233. The number of likely N-dealkylation sites (N-methyl/N-ethyl adjacent to an activating group) is 1. The van der Waals surface area contributed by atoms with E-state index >= 15 is 0 Å². The highest BCUT2D eigenvalue weighted by Gasteiger charge is 2.42. The molecule has 1 aromatic heterocycles. The van der Waals surface area contributed by atoms with Gasteiger partial charge >= 0.3 is 0 Å². The van der Waals surface area contributed by atoms with Crippen LogP contribution in [0, 0.1) is 6.92 Å². The number of carbonyl (C=O) groups excluding carboxylic acids is 2. The summed E-state index contributed by atoms with van der Waals surface area (Å²) in [5, 5.41) is 5.60. The van der Waals surface area contributed by atoms with Crippen LogP contribution < -0.4 is 4.74 Å². The van der Waals surface area contributed by atoms with Crippen LogP contribution in [0.1, 0.15) is 17.7 Å². The number of carbonyl (C=O) groups is 2. The Morgan fingerprint density at radius 2 is 1.84 bits per heavy atom. The Bertz CT molecular complexity index is 1310. The van der Waals surface area contributed by atoms with Crippen molar-refractivity contribution < 1.29 is 23.6 Å². The molecule has 0 bridgehead atoms. The van der Waals surface area contributed by atoms with E-state index in [4.69, 9.17) is 25.6 Å². The third kappa shape index (κ3) is 5.95. The Morgan fingerprint density at radius 1 is 1.05 bits per heavy atom. The smallest absolute Gasteiger partial charge is 0.228 e. The number of benzene rings is 2. The lowest BCUT2D eigenvalue weighted by molar-refractivity contribution is -0.166. The lowest BCUT2D eigenvalue weighted by Crippen LogP contribution is -2.59. The van der Waals surface area contributed by atoms with E-state index < -0.39 is 5.60 Å². The van der Waals surface area contributed by atoms with E-state index in [-0.39, 0.29) is 37.8 Å². The molecule has 0 radical (unpaired) electrons. The van der Waals surface area contributed by atoms with Crippen LogP contribution in [0.3, 0.4) is 0 Å². The second-order valence-corrected chi connectivity index (χ2v) is 10.6. The first-order valence-corrected chi connectivity index (χ1v) is 13.3. The van der Waals surface area contributed by atoms with Crippen LogP contribution >= 0.6 is 11.6 Å². The molecule has 2 fully saturated rings. The zero-order valence-electron chi connectivity index (χ0n) is 21.8. The minimum absolute atomic E-state index is 0.00535. The summed E-state index contributed by atoms with van der Waals surface area (Å²) >= 11 is 6.18. The first-order valence-electron chi connectivity index (χ1n) is 12.9. The summed E-state index contributed by atoms with van der Waals surface area (Å²) in [6.45, 7) is 6.02. The van der Waals surface area contributed by atoms with Crippen molar-refractivity contribution >= 4 is 34.4 Å². The fourth-order valence-corrected chi connectivity index (χ4v) is 5.11. The molecule has 0 aliphatic carbocycles. The van der Waals surface area contributed by atoms with Crippen LogP contribution in [0.4, 0.5) is 0 Å². The third-order valence-corrected chi connectivity index (χ3v) is 7.76. The van der Waals surface area contributed by atoms with Gasteiger partial charge in [0.25, 0.3) is 0 Å². The highest BCUT2D eigenvalue weighted by molar-refractivity contribution is 6.31. The number of amides is 2. The van der Waals surface area contributed by atoms with Gasteiger partial charge in [-0.2, -0.15) is 0 Å². The fourth-order valence-electron chi connectivity index (χ4n) is 4.99. The van der Waals surface area contributed by atoms with Gasteiger partial charge < -0.3 is 28.7 Å². The van der Waals surface area contributed by atoms with Gasteiger partial charge in [-0.3, -0.25) is 9.59 Å². The molecule has 9 nitrogen and oxygen atoms in total. The van der Waals surface area contributed by atoms with Gasteiger partial charge in [0.15, 0.2) is 5.58 Å². The van der Waals surface area contributed by atoms with Crippen molar-refractivity contribution in [2.75, 3.05) is 59.5 Å². The van der Waals surface area contributed by atoms with Crippen LogP contribution in [-0.2, 0) is 20.7 Å². The average Bonchev–Trinajstić information content (AvgIpc) is 3.32. The quantitative estimate of drug-likeness (QED) is 0.455. The minimum Gasteiger partial charge on any atom is -0.490 e. The van der Waals surface area contributed by atoms with Crippen LogP contribution in [-0.4, -0.2) is 96.8 Å². The number of nitrogens with zero attached hydrogens (tertiary/aromatic N) is 4. The SMILES string of the molecule is Cc1cc(OCC2(CC(=O)N3CCN(C)CC3)CN(C(=O)Cc3noc4ccccc34)CCO2)ccc1Cl. The standard InChI is InChI=1S/C28H33ClN4O5/c1-20-15-21(7-8-23(20)29)36-19-28(17-27(35)32-11-9-31(2)10-12-32)18-33(13-14-37-28)26(34)16-24-22-5-3-4-6-25(22)38-30-24/h3-8,15H,9-14,16-19H2,1-2H3. The van der Waals surface area contributed by atoms with Crippen molar-refractivity contribution in [3.63, 3.8) is 0 Å². The predicted molar refractivity (Wildman–Crippen MR) is 143 cm³/mol. The van der Waals surface area contributed by atoms with Crippen LogP contribution in [0.5, 0.6) is 5.75 Å². The van der Waals surface area contributed by atoms with Crippen LogP contribution in [0.2, 0.25) is 5.02 Å². The van der Waals surface area contributed by atoms with Gasteiger partial charge in [0, 0.05) is 43.1 Å². The third-order valence-electron chi connectivity index (χ3n) is 7.33. The maximum Gasteiger partial charge on any atom is 0.228 e. The van der Waals surface area contributed by atoms with Crippen molar-refractivity contribution in [3.05, 3.63) is 58.7 Å². The topological polar surface area (TPSA) is 88.4 Å². The number of aromatic nitrogens is 1. The molecule has 10 heteroatoms. The number of ether oxygens (including phenoxy) is 2. The van der Waals surface area contributed by atoms with Crippen molar-refractivity contribution in [1.82, 2.24) is 19.9 Å². The Morgan fingerprint density at radius 3 is 2.63 bits per heavy atom. The van der Waals surface area contributed by atoms with Gasteiger partial charge in [-0.05, 0) is 49.9 Å². The second kappa shape index (κ2) is 11.3. The molecule has 38 heavy (non-hydrogen) atoms. The predicted octanol–water partition coefficient (Wildman–Crippen LogP) is 3.17. The van der Waals surface area contributed by atoms with Gasteiger partial charge in [-0.1, -0.05) is 28.9 Å². The van der Waals surface area contributed by atoms with Crippen molar-refractivity contribution in [3.8, 4) is 5.75 Å². The molecule has 0 saturated carbocycles. The summed E-state index contributed by atoms with van der Waals surface area (Å²) in [5.41, 5.74) is 1.17. The number of aryl methyl sites for hydroxylation is 1. The Kier molecular flexibility index (Phi) is 7.88. The van der Waals surface area contributed by atoms with Gasteiger partial charge in [0.05, 0.1) is 26.0 Å². The van der Waals surface area contributed by atoms with E-state index in [0.29, 0.717) is 48.3 Å². The van der Waals surface area contributed by atoms with Gasteiger partial charge in [0.2, 0.25) is 11.8 Å². The second-order valence-electron chi connectivity index (χ2n) is 10.2. The van der Waals surface area contributed by atoms with Crippen LogP contribution in [0.15, 0.2) is 47.0 Å². The zero-order valence-corrected chi connectivity index (χ0v) is 22.6. The van der Waals surface area contributed by atoms with E-state index in [1.165, 1.54) is 0 Å². The molecular formula is C28H33ClN4O5. The lowest BCUT2D eigenvalue weighted by Gasteiger charge is -2.43. The summed E-state index contributed by atoms with van der Waals surface area (Å²) in [6, 6.07) is 12.9. The highest BCUT2D eigenvalue weighted by Crippen LogP contribution is 2.28. The molecule has 5 rings (SSSR count). The first kappa shape index (κ1) is 26.5. The van der Waals surface area contributed by atoms with E-state index in [1.807, 2.05) is 42.2 Å². The molecule has 0 N–H and O–H groups in total. The molecule has 2 aromatic carbocycles. The van der Waals surface area contributed by atoms with Crippen molar-refractivity contribution in [2.45, 2.75) is 25.4 Å². The zero-order chi connectivity index (χ0) is 26.7. The fraction of sp³-hybridized carbons (Fsp3) is 0.464. The van der Waals surface area contributed by atoms with Gasteiger partial charge in [0.1, 0.15) is 23.7 Å². The Balaban J connectivity index is 1.33. The van der Waals surface area contributed by atoms with Crippen molar-refractivity contribution in [2.24, 2.45) is 0 Å². The Hall–Kier alpha value is -3.14.